The van der Waals surface area contributed by atoms with Gasteiger partial charge in [0.15, 0.2) is 5.56 Å². The molecule has 110 valence electrons. The number of ether oxygens (including phenoxy) is 2. The van der Waals surface area contributed by atoms with Crippen LogP contribution in [0.3, 0.4) is 0 Å². The van der Waals surface area contributed by atoms with Gasteiger partial charge in [0, 0.05) is 12.8 Å². The molecule has 2 aromatic carbocycles. The Bertz CT molecular complexity index is 514. The van der Waals surface area contributed by atoms with Gasteiger partial charge in [-0.3, -0.25) is 0 Å². The molecule has 3 rings (SSSR count). The topological polar surface area (TPSA) is 18.5 Å². The molecule has 1 aliphatic heterocycles. The van der Waals surface area contributed by atoms with Gasteiger partial charge >= 0.3 is 0 Å². The van der Waals surface area contributed by atoms with Crippen molar-refractivity contribution in [2.75, 3.05) is 13.2 Å². The molecule has 0 aliphatic carbocycles. The third kappa shape index (κ3) is 3.46. The van der Waals surface area contributed by atoms with Crippen LogP contribution in [0.25, 0.3) is 0 Å². The smallest absolute Gasteiger partial charge is 0.160 e. The number of alkyl halides is 1. The molecular weight excluding hydrogens is 284 g/mol. The Balaban J connectivity index is 1.87. The molecule has 21 heavy (non-hydrogen) atoms. The van der Waals surface area contributed by atoms with Gasteiger partial charge in [-0.2, -0.15) is 0 Å². The van der Waals surface area contributed by atoms with E-state index in [0.29, 0.717) is 13.2 Å². The van der Waals surface area contributed by atoms with Crippen LogP contribution < -0.4 is 0 Å². The minimum absolute atomic E-state index is 0.438. The van der Waals surface area contributed by atoms with Crippen LogP contribution in [0, 0.1) is 0 Å². The molecule has 0 amide bonds. The Morgan fingerprint density at radius 2 is 1.38 bits per heavy atom. The van der Waals surface area contributed by atoms with E-state index < -0.39 is 11.2 Å². The maximum atomic E-state index is 6.49. The van der Waals surface area contributed by atoms with Crippen LogP contribution in [0.2, 0.25) is 0 Å². The fourth-order valence-corrected chi connectivity index (χ4v) is 3.13. The Hall–Kier alpha value is -1.35. The molecule has 1 atom stereocenters. The second-order valence-corrected chi connectivity index (χ2v) is 5.82. The largest absolute Gasteiger partial charge is 0.368 e. The molecule has 1 saturated heterocycles. The summed E-state index contributed by atoms with van der Waals surface area (Å²) < 4.78 is 11.8. The lowest BCUT2D eigenvalue weighted by atomic mass is 9.87. The molecule has 0 radical (unpaired) electrons. The van der Waals surface area contributed by atoms with Crippen molar-refractivity contribution in [1.29, 1.82) is 0 Å². The van der Waals surface area contributed by atoms with Crippen LogP contribution in [-0.2, 0) is 22.3 Å². The highest BCUT2D eigenvalue weighted by atomic mass is 35.5. The maximum absolute atomic E-state index is 6.49. The van der Waals surface area contributed by atoms with Gasteiger partial charge in [-0.25, -0.2) is 0 Å². The van der Waals surface area contributed by atoms with Crippen molar-refractivity contribution in [3.8, 4) is 0 Å². The first-order valence-electron chi connectivity index (χ1n) is 7.26. The third-order valence-corrected chi connectivity index (χ3v) is 4.37. The van der Waals surface area contributed by atoms with E-state index in [9.17, 15) is 0 Å². The Morgan fingerprint density at radius 3 is 1.86 bits per heavy atom. The highest BCUT2D eigenvalue weighted by molar-refractivity contribution is 6.20. The lowest BCUT2D eigenvalue weighted by Crippen LogP contribution is -2.51. The van der Waals surface area contributed by atoms with Crippen LogP contribution in [0.1, 0.15) is 11.1 Å². The summed E-state index contributed by atoms with van der Waals surface area (Å²) >= 11 is 6.49. The van der Waals surface area contributed by atoms with E-state index in [2.05, 4.69) is 24.3 Å². The number of halogens is 1. The summed E-state index contributed by atoms with van der Waals surface area (Å²) in [5.74, 6) is 0. The van der Waals surface area contributed by atoms with Crippen LogP contribution in [0.15, 0.2) is 60.7 Å². The zero-order chi connectivity index (χ0) is 14.5. The minimum atomic E-state index is -0.511. The molecule has 0 saturated carbocycles. The normalized spacial score (nSPS) is 21.1. The van der Waals surface area contributed by atoms with Crippen molar-refractivity contribution in [1.82, 2.24) is 0 Å². The van der Waals surface area contributed by atoms with Crippen LogP contribution >= 0.6 is 11.6 Å². The average molecular weight is 303 g/mol. The van der Waals surface area contributed by atoms with E-state index >= 15 is 0 Å². The molecule has 0 N–H and O–H groups in total. The standard InChI is InChI=1S/C18H19ClO2/c19-17-18(21-12-11-20-17,13-15-7-3-1-4-8-15)14-16-9-5-2-6-10-16/h1-10,17H,11-14H2. The summed E-state index contributed by atoms with van der Waals surface area (Å²) in [5, 5.41) is 0. The Morgan fingerprint density at radius 1 is 0.857 bits per heavy atom. The second-order valence-electron chi connectivity index (χ2n) is 5.42. The molecule has 0 bridgehead atoms. The van der Waals surface area contributed by atoms with Crippen LogP contribution in [0.5, 0.6) is 0 Å². The van der Waals surface area contributed by atoms with Crippen molar-refractivity contribution in [2.45, 2.75) is 24.0 Å². The number of hydrogen-bond acceptors (Lipinski definition) is 2. The van der Waals surface area contributed by atoms with Crippen LogP contribution in [-0.4, -0.2) is 24.4 Å². The fraction of sp³-hybridized carbons (Fsp3) is 0.333. The number of benzene rings is 2. The highest BCUT2D eigenvalue weighted by Crippen LogP contribution is 2.33. The van der Waals surface area contributed by atoms with Gasteiger partial charge in [-0.1, -0.05) is 72.3 Å². The molecule has 2 nitrogen and oxygen atoms in total. The molecule has 0 aromatic heterocycles. The Kier molecular flexibility index (Phi) is 4.59. The van der Waals surface area contributed by atoms with Gasteiger partial charge in [0.25, 0.3) is 0 Å². The molecule has 2 aromatic rings. The lowest BCUT2D eigenvalue weighted by molar-refractivity contribution is -0.173. The molecule has 1 heterocycles. The van der Waals surface area contributed by atoms with E-state index in [-0.39, 0.29) is 0 Å². The number of rotatable bonds is 4. The van der Waals surface area contributed by atoms with Gasteiger partial charge in [0.2, 0.25) is 0 Å². The lowest BCUT2D eigenvalue weighted by Gasteiger charge is -2.41. The van der Waals surface area contributed by atoms with Gasteiger partial charge in [0.05, 0.1) is 13.2 Å². The van der Waals surface area contributed by atoms with Gasteiger partial charge in [-0.05, 0) is 11.1 Å². The molecule has 1 unspecified atom stereocenters. The van der Waals surface area contributed by atoms with Crippen molar-refractivity contribution >= 4 is 11.6 Å². The highest BCUT2D eigenvalue weighted by Gasteiger charge is 2.42. The van der Waals surface area contributed by atoms with E-state index in [1.54, 1.807) is 0 Å². The minimum Gasteiger partial charge on any atom is -0.368 e. The zero-order valence-electron chi connectivity index (χ0n) is 11.9. The molecule has 1 aliphatic rings. The van der Waals surface area contributed by atoms with E-state index in [0.717, 1.165) is 12.8 Å². The zero-order valence-corrected chi connectivity index (χ0v) is 12.6. The van der Waals surface area contributed by atoms with E-state index in [1.807, 2.05) is 36.4 Å². The van der Waals surface area contributed by atoms with E-state index in [4.69, 9.17) is 21.1 Å². The summed E-state index contributed by atoms with van der Waals surface area (Å²) in [6.45, 7) is 1.14. The Labute approximate surface area is 130 Å². The predicted octanol–water partition coefficient (Wildman–Crippen LogP) is 3.82. The molecule has 1 fully saturated rings. The van der Waals surface area contributed by atoms with Crippen LogP contribution in [0.4, 0.5) is 0 Å². The van der Waals surface area contributed by atoms with Gasteiger partial charge < -0.3 is 9.47 Å². The summed E-state index contributed by atoms with van der Waals surface area (Å²) in [6, 6.07) is 20.6. The van der Waals surface area contributed by atoms with Crippen molar-refractivity contribution in [3.05, 3.63) is 71.8 Å². The first-order valence-corrected chi connectivity index (χ1v) is 7.70. The fourth-order valence-electron chi connectivity index (χ4n) is 2.82. The SMILES string of the molecule is ClC1OCCOC1(Cc1ccccc1)Cc1ccccc1. The van der Waals surface area contributed by atoms with E-state index in [1.165, 1.54) is 11.1 Å². The molecular formula is C18H19ClO2. The summed E-state index contributed by atoms with van der Waals surface area (Å²) in [5.41, 5.74) is 1.48. The quantitative estimate of drug-likeness (QED) is 0.799. The third-order valence-electron chi connectivity index (χ3n) is 3.84. The second kappa shape index (κ2) is 6.61. The summed E-state index contributed by atoms with van der Waals surface area (Å²) in [6.07, 6.45) is 1.49. The molecule has 0 spiro atoms. The molecule has 3 heteroatoms. The number of hydrogen-bond donors (Lipinski definition) is 0. The monoisotopic (exact) mass is 302 g/mol. The summed E-state index contributed by atoms with van der Waals surface area (Å²) in [7, 11) is 0. The first kappa shape index (κ1) is 14.6. The first-order chi connectivity index (χ1) is 10.3. The van der Waals surface area contributed by atoms with Gasteiger partial charge in [-0.15, -0.1) is 0 Å². The summed E-state index contributed by atoms with van der Waals surface area (Å²) in [4.78, 5) is 0. The van der Waals surface area contributed by atoms with Crippen molar-refractivity contribution in [2.24, 2.45) is 0 Å². The van der Waals surface area contributed by atoms with Crippen molar-refractivity contribution < 1.29 is 9.47 Å². The average Bonchev–Trinajstić information content (AvgIpc) is 2.52. The van der Waals surface area contributed by atoms with Gasteiger partial charge in [0.1, 0.15) is 5.60 Å². The van der Waals surface area contributed by atoms with Crippen molar-refractivity contribution in [3.63, 3.8) is 0 Å². The maximum Gasteiger partial charge on any atom is 0.160 e. The predicted molar refractivity (Wildman–Crippen MR) is 84.6 cm³/mol.